The van der Waals surface area contributed by atoms with E-state index in [-0.39, 0.29) is 41.2 Å². The molecule has 1 fully saturated rings. The molecule has 2 heterocycles. The molecule has 2 N–H and O–H groups in total. The van der Waals surface area contributed by atoms with Gasteiger partial charge in [0.25, 0.3) is 5.91 Å². The lowest BCUT2D eigenvalue weighted by Gasteiger charge is -2.32. The van der Waals surface area contributed by atoms with Crippen LogP contribution in [0.4, 0.5) is 0 Å². The quantitative estimate of drug-likeness (QED) is 0.492. The van der Waals surface area contributed by atoms with Crippen LogP contribution in [0.15, 0.2) is 41.6 Å². The summed E-state index contributed by atoms with van der Waals surface area (Å²) >= 11 is 0. The van der Waals surface area contributed by atoms with Gasteiger partial charge >= 0.3 is 0 Å². The average Bonchev–Trinajstić information content (AvgIpc) is 2.78. The smallest absolute Gasteiger partial charge is 0.279 e. The highest BCUT2D eigenvalue weighted by Crippen LogP contribution is 2.37. The van der Waals surface area contributed by atoms with Crippen LogP contribution in [-0.2, 0) is 10.0 Å². The van der Waals surface area contributed by atoms with Crippen LogP contribution in [0, 0.1) is 0 Å². The molecule has 1 amide bonds. The standard InChI is InChI=1S/C19H23N3O7S/c1-27-15-3-4-16(17(18(15)28-2)19(23)21-24)30(25,26)22-11-7-14(8-12-22)29-13-5-9-20-10-6-13/h3-6,9-10,14,24H,7-8,11-12H2,1-2H3,(H,21,23). The van der Waals surface area contributed by atoms with Crippen LogP contribution < -0.4 is 19.7 Å². The first kappa shape index (κ1) is 21.8. The lowest BCUT2D eigenvalue weighted by atomic mass is 10.1. The van der Waals surface area contributed by atoms with Crippen molar-refractivity contribution in [2.45, 2.75) is 23.8 Å². The summed E-state index contributed by atoms with van der Waals surface area (Å²) in [6.07, 6.45) is 4.08. The number of aromatic nitrogens is 1. The predicted molar refractivity (Wildman–Crippen MR) is 105 cm³/mol. The number of hydrogen-bond acceptors (Lipinski definition) is 8. The van der Waals surface area contributed by atoms with E-state index in [1.165, 1.54) is 36.1 Å². The molecule has 1 aliphatic heterocycles. The highest BCUT2D eigenvalue weighted by Gasteiger charge is 2.35. The average molecular weight is 437 g/mol. The van der Waals surface area contributed by atoms with E-state index in [2.05, 4.69) is 4.98 Å². The summed E-state index contributed by atoms with van der Waals surface area (Å²) in [6.45, 7) is 0.430. The molecule has 1 aromatic heterocycles. The fraction of sp³-hybridized carbons (Fsp3) is 0.368. The molecule has 162 valence electrons. The van der Waals surface area contributed by atoms with Crippen molar-refractivity contribution >= 4 is 15.9 Å². The third-order valence-electron chi connectivity index (χ3n) is 4.81. The number of ether oxygens (including phenoxy) is 3. The minimum Gasteiger partial charge on any atom is -0.493 e. The van der Waals surface area contributed by atoms with Crippen molar-refractivity contribution in [2.24, 2.45) is 0 Å². The number of nitrogens with one attached hydrogen (secondary N) is 1. The van der Waals surface area contributed by atoms with E-state index in [9.17, 15) is 13.2 Å². The van der Waals surface area contributed by atoms with Crippen LogP contribution in [0.2, 0.25) is 0 Å². The van der Waals surface area contributed by atoms with Gasteiger partial charge in [-0.2, -0.15) is 4.31 Å². The van der Waals surface area contributed by atoms with Crippen LogP contribution in [0.25, 0.3) is 0 Å². The maximum Gasteiger partial charge on any atom is 0.279 e. The third kappa shape index (κ3) is 4.32. The van der Waals surface area contributed by atoms with Gasteiger partial charge in [0.05, 0.1) is 19.1 Å². The number of benzene rings is 1. The number of sulfonamides is 1. The summed E-state index contributed by atoms with van der Waals surface area (Å²) in [5.74, 6) is -0.256. The highest BCUT2D eigenvalue weighted by molar-refractivity contribution is 7.89. The second kappa shape index (κ2) is 9.28. The molecule has 10 nitrogen and oxygen atoms in total. The highest BCUT2D eigenvalue weighted by atomic mass is 32.2. The number of rotatable bonds is 7. The Balaban J connectivity index is 1.85. The summed E-state index contributed by atoms with van der Waals surface area (Å²) in [5.41, 5.74) is 1.15. The molecular weight excluding hydrogens is 414 g/mol. The molecule has 0 aliphatic carbocycles. The van der Waals surface area contributed by atoms with Crippen molar-refractivity contribution in [1.82, 2.24) is 14.8 Å². The topological polar surface area (TPSA) is 127 Å². The summed E-state index contributed by atoms with van der Waals surface area (Å²) in [7, 11) is -1.40. The number of hydroxylamine groups is 1. The van der Waals surface area contributed by atoms with Gasteiger partial charge in [-0.05, 0) is 37.1 Å². The van der Waals surface area contributed by atoms with Gasteiger partial charge in [0.15, 0.2) is 11.5 Å². The van der Waals surface area contributed by atoms with Crippen LogP contribution in [0.5, 0.6) is 17.2 Å². The molecule has 2 aromatic rings. The lowest BCUT2D eigenvalue weighted by Crippen LogP contribution is -2.42. The molecule has 1 aliphatic rings. The Morgan fingerprint density at radius 1 is 1.13 bits per heavy atom. The number of methoxy groups -OCH3 is 2. The van der Waals surface area contributed by atoms with Gasteiger partial charge in [-0.1, -0.05) is 0 Å². The van der Waals surface area contributed by atoms with Gasteiger partial charge in [0.2, 0.25) is 10.0 Å². The molecule has 0 spiro atoms. The Hall–Kier alpha value is -2.89. The molecule has 3 rings (SSSR count). The van der Waals surface area contributed by atoms with Crippen molar-refractivity contribution in [3.05, 3.63) is 42.2 Å². The molecular formula is C19H23N3O7S. The molecule has 30 heavy (non-hydrogen) atoms. The number of carbonyl (C=O) groups is 1. The number of hydrogen-bond donors (Lipinski definition) is 2. The zero-order chi connectivity index (χ0) is 21.7. The van der Waals surface area contributed by atoms with E-state index < -0.39 is 15.9 Å². The molecule has 0 bridgehead atoms. The molecule has 0 saturated carbocycles. The summed E-state index contributed by atoms with van der Waals surface area (Å²) in [6, 6.07) is 6.15. The second-order valence-corrected chi connectivity index (χ2v) is 8.43. The van der Waals surface area contributed by atoms with Gasteiger partial charge in [0.1, 0.15) is 17.4 Å². The normalized spacial score (nSPS) is 15.4. The van der Waals surface area contributed by atoms with Gasteiger partial charge in [-0.25, -0.2) is 13.9 Å². The predicted octanol–water partition coefficient (Wildman–Crippen LogP) is 1.45. The van der Waals surface area contributed by atoms with E-state index in [0.717, 1.165) is 0 Å². The number of pyridine rings is 1. The van der Waals surface area contributed by atoms with Crippen LogP contribution in [0.1, 0.15) is 23.2 Å². The Labute approximate surface area is 174 Å². The monoisotopic (exact) mass is 437 g/mol. The molecule has 1 aromatic carbocycles. The second-order valence-electron chi connectivity index (χ2n) is 6.52. The fourth-order valence-corrected chi connectivity index (χ4v) is 4.99. The Morgan fingerprint density at radius 2 is 1.80 bits per heavy atom. The molecule has 1 saturated heterocycles. The minimum atomic E-state index is -4.04. The SMILES string of the molecule is COc1ccc(S(=O)(=O)N2CCC(Oc3ccncc3)CC2)c(C(=O)NO)c1OC. The summed E-state index contributed by atoms with van der Waals surface area (Å²) in [4.78, 5) is 15.9. The fourth-order valence-electron chi connectivity index (χ4n) is 3.33. The Bertz CT molecular complexity index is 991. The van der Waals surface area contributed by atoms with E-state index in [4.69, 9.17) is 19.4 Å². The summed E-state index contributed by atoms with van der Waals surface area (Å²) in [5, 5.41) is 9.12. The first-order chi connectivity index (χ1) is 14.4. The number of amides is 1. The molecule has 0 radical (unpaired) electrons. The van der Waals surface area contributed by atoms with Gasteiger partial charge in [-0.3, -0.25) is 15.0 Å². The first-order valence-corrected chi connectivity index (χ1v) is 10.6. The zero-order valence-corrected chi connectivity index (χ0v) is 17.4. The molecule has 11 heteroatoms. The van der Waals surface area contributed by atoms with Crippen LogP contribution in [0.3, 0.4) is 0 Å². The lowest BCUT2D eigenvalue weighted by molar-refractivity contribution is 0.0698. The first-order valence-electron chi connectivity index (χ1n) is 9.18. The minimum absolute atomic E-state index is 0.0824. The van der Waals surface area contributed by atoms with Crippen molar-refractivity contribution in [2.75, 3.05) is 27.3 Å². The number of carbonyl (C=O) groups excluding carboxylic acids is 1. The number of piperidine rings is 1. The van der Waals surface area contributed by atoms with Crippen LogP contribution >= 0.6 is 0 Å². The van der Waals surface area contributed by atoms with E-state index in [1.807, 2.05) is 0 Å². The maximum atomic E-state index is 13.3. The van der Waals surface area contributed by atoms with Crippen molar-refractivity contribution < 1.29 is 32.6 Å². The third-order valence-corrected chi connectivity index (χ3v) is 6.75. The van der Waals surface area contributed by atoms with Gasteiger partial charge < -0.3 is 14.2 Å². The Kier molecular flexibility index (Phi) is 6.75. The zero-order valence-electron chi connectivity index (χ0n) is 16.6. The van der Waals surface area contributed by atoms with Crippen molar-refractivity contribution in [1.29, 1.82) is 0 Å². The molecule has 0 unspecified atom stereocenters. The van der Waals surface area contributed by atoms with E-state index >= 15 is 0 Å². The van der Waals surface area contributed by atoms with Gasteiger partial charge in [0, 0.05) is 25.5 Å². The van der Waals surface area contributed by atoms with Crippen molar-refractivity contribution in [3.8, 4) is 17.2 Å². The largest absolute Gasteiger partial charge is 0.493 e. The van der Waals surface area contributed by atoms with Crippen LogP contribution in [-0.4, -0.2) is 62.2 Å². The maximum absolute atomic E-state index is 13.3. The van der Waals surface area contributed by atoms with E-state index in [0.29, 0.717) is 18.6 Å². The van der Waals surface area contributed by atoms with Gasteiger partial charge in [-0.15, -0.1) is 0 Å². The molecule has 0 atom stereocenters. The van der Waals surface area contributed by atoms with E-state index in [1.54, 1.807) is 24.5 Å². The number of nitrogens with zero attached hydrogens (tertiary/aromatic N) is 2. The van der Waals surface area contributed by atoms with Crippen molar-refractivity contribution in [3.63, 3.8) is 0 Å². The summed E-state index contributed by atoms with van der Waals surface area (Å²) < 4.78 is 44.1. The Morgan fingerprint density at radius 3 is 2.37 bits per heavy atom.